The molecule has 0 unspecified atom stereocenters. The van der Waals surface area contributed by atoms with E-state index in [1.165, 1.54) is 6.92 Å². The zero-order valence-electron chi connectivity index (χ0n) is 15.6. The third-order valence-electron chi connectivity index (χ3n) is 3.71. The summed E-state index contributed by atoms with van der Waals surface area (Å²) in [6, 6.07) is 5.73. The van der Waals surface area contributed by atoms with Gasteiger partial charge in [0, 0.05) is 25.7 Å². The number of anilines is 4. The first-order chi connectivity index (χ1) is 11.9. The molecule has 25 heavy (non-hydrogen) atoms. The van der Waals surface area contributed by atoms with Crippen molar-refractivity contribution in [2.75, 3.05) is 48.7 Å². The molecule has 0 radical (unpaired) electrons. The number of nitrogens with one attached hydrogen (secondary N) is 4. The number of aryl methyl sites for hydroxylation is 2. The minimum Gasteiger partial charge on any atom is -0.382 e. The average molecular weight is 346 g/mol. The summed E-state index contributed by atoms with van der Waals surface area (Å²) < 4.78 is 3.95. The van der Waals surface area contributed by atoms with Gasteiger partial charge >= 0.3 is 5.95 Å². The highest BCUT2D eigenvalue weighted by Crippen LogP contribution is 2.26. The van der Waals surface area contributed by atoms with Crippen molar-refractivity contribution in [2.24, 2.45) is 14.1 Å². The summed E-state index contributed by atoms with van der Waals surface area (Å²) in [6.07, 6.45) is 3.93. The number of carbonyl (C=O) groups is 1. The fraction of sp³-hybridized carbons (Fsp3) is 0.412. The summed E-state index contributed by atoms with van der Waals surface area (Å²) >= 11 is 0. The minimum atomic E-state index is -0.0962. The maximum absolute atomic E-state index is 11.3. The van der Waals surface area contributed by atoms with Crippen LogP contribution in [0.1, 0.15) is 6.92 Å². The van der Waals surface area contributed by atoms with Crippen LogP contribution in [0, 0.1) is 0 Å². The third-order valence-corrected chi connectivity index (χ3v) is 3.71. The van der Waals surface area contributed by atoms with E-state index in [1.54, 1.807) is 0 Å². The number of hydrogen-bond donors (Lipinski definition) is 4. The summed E-state index contributed by atoms with van der Waals surface area (Å²) in [5.74, 6) is 0.810. The molecule has 136 valence electrons. The number of nitrogens with zero attached hydrogens (tertiary/aromatic N) is 3. The van der Waals surface area contributed by atoms with Gasteiger partial charge in [-0.05, 0) is 32.3 Å². The molecule has 0 saturated carbocycles. The van der Waals surface area contributed by atoms with Crippen LogP contribution in [0.25, 0.3) is 0 Å². The van der Waals surface area contributed by atoms with Crippen molar-refractivity contribution in [2.45, 2.75) is 6.92 Å². The highest BCUT2D eigenvalue weighted by atomic mass is 16.1. The van der Waals surface area contributed by atoms with Gasteiger partial charge in [0.25, 0.3) is 0 Å². The van der Waals surface area contributed by atoms with Crippen LogP contribution in [-0.2, 0) is 18.9 Å². The predicted octanol–water partition coefficient (Wildman–Crippen LogP) is 1.22. The Balaban J connectivity index is 2.16. The summed E-state index contributed by atoms with van der Waals surface area (Å²) in [5, 5.41) is 6.22. The van der Waals surface area contributed by atoms with Crippen LogP contribution in [0.5, 0.6) is 0 Å². The first kappa shape index (κ1) is 18.6. The number of carbonyl (C=O) groups excluding carboxylic acids is 1. The molecule has 0 aliphatic carbocycles. The van der Waals surface area contributed by atoms with E-state index in [1.807, 2.05) is 67.9 Å². The maximum Gasteiger partial charge on any atom is 0.378 e. The predicted molar refractivity (Wildman–Crippen MR) is 102 cm³/mol. The highest BCUT2D eigenvalue weighted by molar-refractivity contribution is 5.90. The topological polar surface area (TPSA) is 77.2 Å². The van der Waals surface area contributed by atoms with E-state index in [0.29, 0.717) is 0 Å². The molecule has 0 aliphatic rings. The van der Waals surface area contributed by atoms with Crippen molar-refractivity contribution in [1.82, 2.24) is 9.47 Å². The van der Waals surface area contributed by atoms with E-state index in [4.69, 9.17) is 0 Å². The Morgan fingerprint density at radius 2 is 2.00 bits per heavy atom. The number of rotatable bonds is 8. The standard InChI is InChI=1S/C17H27N7O/c1-13(25)19-14-6-7-15(18-8-9-22(2)3)16(12-14)20-21-17-23(4)10-11-24(17)5/h6-7,10-12,18,20H,8-9H2,1-5H3,(H,19,25)/p+1. The third kappa shape index (κ3) is 5.39. The van der Waals surface area contributed by atoms with Crippen LogP contribution >= 0.6 is 0 Å². The van der Waals surface area contributed by atoms with Gasteiger partial charge in [0.2, 0.25) is 5.91 Å². The Labute approximate surface area is 148 Å². The molecular formula is C17H28N7O+. The number of likely N-dealkylation sites (N-methyl/N-ethyl adjacent to an activating group) is 1. The normalized spacial score (nSPS) is 10.6. The molecule has 8 nitrogen and oxygen atoms in total. The lowest BCUT2D eigenvalue weighted by atomic mass is 10.2. The smallest absolute Gasteiger partial charge is 0.378 e. The molecule has 0 aliphatic heterocycles. The summed E-state index contributed by atoms with van der Waals surface area (Å²) in [5.41, 5.74) is 8.99. The van der Waals surface area contributed by atoms with Crippen molar-refractivity contribution >= 4 is 28.9 Å². The van der Waals surface area contributed by atoms with Gasteiger partial charge in [-0.3, -0.25) is 4.79 Å². The Kier molecular flexibility index (Phi) is 6.24. The molecule has 0 spiro atoms. The largest absolute Gasteiger partial charge is 0.382 e. The molecule has 2 rings (SSSR count). The van der Waals surface area contributed by atoms with E-state index in [2.05, 4.69) is 26.4 Å². The number of hydrogen-bond acceptors (Lipinski definition) is 5. The Bertz CT molecular complexity index is 704. The molecule has 8 heteroatoms. The fourth-order valence-corrected chi connectivity index (χ4v) is 2.39. The number of hydrazine groups is 1. The summed E-state index contributed by atoms with van der Waals surface area (Å²) in [4.78, 5) is 13.4. The van der Waals surface area contributed by atoms with Gasteiger partial charge in [0.15, 0.2) is 0 Å². The number of amides is 1. The molecule has 1 heterocycles. The zero-order valence-corrected chi connectivity index (χ0v) is 15.6. The van der Waals surface area contributed by atoms with Crippen LogP contribution in [0.4, 0.5) is 23.0 Å². The first-order valence-corrected chi connectivity index (χ1v) is 8.20. The Morgan fingerprint density at radius 1 is 1.24 bits per heavy atom. The SMILES string of the molecule is CC(=O)Nc1ccc(NCCN(C)C)c(NNc2n(C)cc[n+]2C)c1. The molecule has 1 amide bonds. The van der Waals surface area contributed by atoms with Crippen molar-refractivity contribution < 1.29 is 9.36 Å². The number of benzene rings is 1. The Morgan fingerprint density at radius 3 is 2.60 bits per heavy atom. The molecule has 0 saturated heterocycles. The van der Waals surface area contributed by atoms with E-state index < -0.39 is 0 Å². The Hall–Kier alpha value is -2.74. The van der Waals surface area contributed by atoms with Crippen molar-refractivity contribution in [3.8, 4) is 0 Å². The van der Waals surface area contributed by atoms with Crippen molar-refractivity contribution in [1.29, 1.82) is 0 Å². The second-order valence-corrected chi connectivity index (χ2v) is 6.27. The van der Waals surface area contributed by atoms with Gasteiger partial charge in [-0.2, -0.15) is 5.43 Å². The molecule has 4 N–H and O–H groups in total. The maximum atomic E-state index is 11.3. The summed E-state index contributed by atoms with van der Waals surface area (Å²) in [7, 11) is 8.01. The molecule has 0 atom stereocenters. The minimum absolute atomic E-state index is 0.0962. The van der Waals surface area contributed by atoms with Crippen molar-refractivity contribution in [3.63, 3.8) is 0 Å². The second kappa shape index (κ2) is 8.39. The fourth-order valence-electron chi connectivity index (χ4n) is 2.39. The molecule has 0 fully saturated rings. The lowest BCUT2D eigenvalue weighted by molar-refractivity contribution is -0.656. The van der Waals surface area contributed by atoms with Gasteiger partial charge in [-0.25, -0.2) is 14.6 Å². The van der Waals surface area contributed by atoms with E-state index in [9.17, 15) is 4.79 Å². The second-order valence-electron chi connectivity index (χ2n) is 6.27. The molecule has 0 bridgehead atoms. The van der Waals surface area contributed by atoms with Crippen LogP contribution < -0.4 is 26.1 Å². The molecule has 1 aromatic carbocycles. The molecule has 1 aromatic heterocycles. The monoisotopic (exact) mass is 346 g/mol. The molecule has 2 aromatic rings. The highest BCUT2D eigenvalue weighted by Gasteiger charge is 2.12. The van der Waals surface area contributed by atoms with Gasteiger partial charge in [-0.1, -0.05) is 0 Å². The van der Waals surface area contributed by atoms with Crippen molar-refractivity contribution in [3.05, 3.63) is 30.6 Å². The van der Waals surface area contributed by atoms with Crippen LogP contribution in [0.15, 0.2) is 30.6 Å². The van der Waals surface area contributed by atoms with Crippen LogP contribution in [-0.4, -0.2) is 42.6 Å². The van der Waals surface area contributed by atoms with E-state index in [0.717, 1.165) is 36.1 Å². The number of aromatic nitrogens is 2. The average Bonchev–Trinajstić information content (AvgIpc) is 2.85. The van der Waals surface area contributed by atoms with Gasteiger partial charge < -0.3 is 15.5 Å². The van der Waals surface area contributed by atoms with Crippen LogP contribution in [0.3, 0.4) is 0 Å². The molecular weight excluding hydrogens is 318 g/mol. The lowest BCUT2D eigenvalue weighted by Gasteiger charge is -2.16. The van der Waals surface area contributed by atoms with Gasteiger partial charge in [0.05, 0.1) is 37.9 Å². The quantitative estimate of drug-likeness (QED) is 0.427. The van der Waals surface area contributed by atoms with Gasteiger partial charge in [-0.15, -0.1) is 0 Å². The summed E-state index contributed by atoms with van der Waals surface area (Å²) in [6.45, 7) is 3.24. The van der Waals surface area contributed by atoms with Gasteiger partial charge in [0.1, 0.15) is 0 Å². The number of imidazole rings is 1. The van der Waals surface area contributed by atoms with E-state index in [-0.39, 0.29) is 5.91 Å². The first-order valence-electron chi connectivity index (χ1n) is 8.20. The van der Waals surface area contributed by atoms with Crippen LogP contribution in [0.2, 0.25) is 0 Å². The zero-order chi connectivity index (χ0) is 18.4. The van der Waals surface area contributed by atoms with E-state index >= 15 is 0 Å². The lowest BCUT2D eigenvalue weighted by Crippen LogP contribution is -2.32.